The third-order valence-corrected chi connectivity index (χ3v) is 4.52. The second kappa shape index (κ2) is 6.29. The van der Waals surface area contributed by atoms with E-state index >= 15 is 0 Å². The van der Waals surface area contributed by atoms with Gasteiger partial charge in [0.15, 0.2) is 5.69 Å². The summed E-state index contributed by atoms with van der Waals surface area (Å²) in [6.07, 6.45) is 0.300. The molecule has 1 amide bonds. The maximum Gasteiger partial charge on any atom is 0.370 e. The van der Waals surface area contributed by atoms with Gasteiger partial charge in [0.2, 0.25) is 6.04 Å². The van der Waals surface area contributed by atoms with Crippen LogP contribution in [0.5, 0.6) is 0 Å². The van der Waals surface area contributed by atoms with Gasteiger partial charge in [-0.1, -0.05) is 30.3 Å². The summed E-state index contributed by atoms with van der Waals surface area (Å²) < 4.78 is 4.27. The molecule has 3 rings (SSSR count). The minimum absolute atomic E-state index is 0.196. The van der Waals surface area contributed by atoms with E-state index < -0.39 is 28.5 Å². The van der Waals surface area contributed by atoms with E-state index in [0.717, 1.165) is 16.3 Å². The number of amides is 1. The largest absolute Gasteiger partial charge is 0.461 e. The maximum atomic E-state index is 12.8. The van der Waals surface area contributed by atoms with Crippen LogP contribution < -0.4 is 4.65 Å². The Bertz CT molecular complexity index is 875. The van der Waals surface area contributed by atoms with Crippen LogP contribution in [0.4, 0.5) is 5.69 Å². The van der Waals surface area contributed by atoms with Crippen LogP contribution in [0, 0.1) is 6.92 Å². The van der Waals surface area contributed by atoms with E-state index in [1.165, 1.54) is 13.8 Å². The highest BCUT2D eigenvalue weighted by Gasteiger charge is 2.57. The highest BCUT2D eigenvalue weighted by atomic mass is 16.8. The van der Waals surface area contributed by atoms with Crippen LogP contribution in [-0.4, -0.2) is 30.5 Å². The first kappa shape index (κ1) is 17.1. The molecule has 0 bridgehead atoms. The lowest BCUT2D eigenvalue weighted by Gasteiger charge is -2.34. The highest BCUT2D eigenvalue weighted by Crippen LogP contribution is 2.40. The van der Waals surface area contributed by atoms with E-state index in [1.807, 2.05) is 43.3 Å². The molecule has 0 aromatic heterocycles. The number of esters is 1. The molecule has 1 fully saturated rings. The Hall–Kier alpha value is -2.73. The van der Waals surface area contributed by atoms with Gasteiger partial charge in [0, 0.05) is 24.3 Å². The van der Waals surface area contributed by atoms with Crippen molar-refractivity contribution < 1.29 is 24.0 Å². The van der Waals surface area contributed by atoms with Crippen molar-refractivity contribution in [2.45, 2.75) is 33.2 Å². The van der Waals surface area contributed by atoms with Crippen LogP contribution in [0.1, 0.15) is 25.8 Å². The molecule has 1 heterocycles. The van der Waals surface area contributed by atoms with Crippen molar-refractivity contribution in [2.24, 2.45) is 0 Å². The lowest BCUT2D eigenvalue weighted by Crippen LogP contribution is -2.62. The third kappa shape index (κ3) is 2.68. The number of quaternary nitrogens is 1. The van der Waals surface area contributed by atoms with Gasteiger partial charge in [0.05, 0.1) is 13.5 Å². The first-order chi connectivity index (χ1) is 11.9. The number of carbonyl (C=O) groups is 3. The summed E-state index contributed by atoms with van der Waals surface area (Å²) in [6.45, 7) is 4.59. The molecule has 0 radical (unpaired) electrons. The summed E-state index contributed by atoms with van der Waals surface area (Å²) in [5.74, 6) is -1.62. The van der Waals surface area contributed by atoms with Gasteiger partial charge in [-0.2, -0.15) is 0 Å². The molecule has 1 aliphatic rings. The molecule has 25 heavy (non-hydrogen) atoms. The topological polar surface area (TPSA) is 69.7 Å². The number of nitrogens with zero attached hydrogens (tertiary/aromatic N) is 1. The Morgan fingerprint density at radius 2 is 1.88 bits per heavy atom. The average Bonchev–Trinajstić information content (AvgIpc) is 2.99. The van der Waals surface area contributed by atoms with Gasteiger partial charge in [-0.3, -0.25) is 4.84 Å². The second-order valence-corrected chi connectivity index (χ2v) is 6.18. The van der Waals surface area contributed by atoms with E-state index in [-0.39, 0.29) is 6.61 Å². The minimum Gasteiger partial charge on any atom is -0.461 e. The smallest absolute Gasteiger partial charge is 0.370 e. The standard InChI is InChI=1S/C19H20NO5/c1-12-8-9-15-6-4-5-7-16(15)18(12)20(13(2)21,25-14(3)22)17-10-11-24-19(17)23/h4-9,17H,10-11H2,1-3H3/q+1. The molecule has 2 unspecified atom stereocenters. The molecule has 0 aliphatic carbocycles. The molecular weight excluding hydrogens is 322 g/mol. The zero-order valence-corrected chi connectivity index (χ0v) is 14.4. The van der Waals surface area contributed by atoms with Crippen molar-refractivity contribution in [1.29, 1.82) is 0 Å². The summed E-state index contributed by atoms with van der Waals surface area (Å²) in [5, 5.41) is 1.66. The summed E-state index contributed by atoms with van der Waals surface area (Å²) in [5.41, 5.74) is 1.26. The van der Waals surface area contributed by atoms with Crippen molar-refractivity contribution in [3.8, 4) is 0 Å². The van der Waals surface area contributed by atoms with Gasteiger partial charge in [-0.05, 0) is 23.0 Å². The number of hydroxylamine groups is 2. The average molecular weight is 342 g/mol. The zero-order valence-electron chi connectivity index (χ0n) is 14.4. The fraction of sp³-hybridized carbons (Fsp3) is 0.316. The van der Waals surface area contributed by atoms with Crippen molar-refractivity contribution in [3.63, 3.8) is 0 Å². The molecule has 6 nitrogen and oxygen atoms in total. The van der Waals surface area contributed by atoms with Crippen molar-refractivity contribution in [1.82, 2.24) is 4.65 Å². The van der Waals surface area contributed by atoms with Crippen molar-refractivity contribution in [3.05, 3.63) is 42.0 Å². The van der Waals surface area contributed by atoms with E-state index in [4.69, 9.17) is 9.57 Å². The highest BCUT2D eigenvalue weighted by molar-refractivity contribution is 6.03. The van der Waals surface area contributed by atoms with Gasteiger partial charge in [-0.25, -0.2) is 14.4 Å². The van der Waals surface area contributed by atoms with Crippen LogP contribution >= 0.6 is 0 Å². The predicted molar refractivity (Wildman–Crippen MR) is 92.3 cm³/mol. The predicted octanol–water partition coefficient (Wildman–Crippen LogP) is 2.80. The maximum absolute atomic E-state index is 12.8. The van der Waals surface area contributed by atoms with E-state index in [0.29, 0.717) is 12.1 Å². The first-order valence-electron chi connectivity index (χ1n) is 8.13. The van der Waals surface area contributed by atoms with E-state index in [1.54, 1.807) is 0 Å². The molecule has 0 saturated carbocycles. The van der Waals surface area contributed by atoms with Gasteiger partial charge in [0.1, 0.15) is 0 Å². The van der Waals surface area contributed by atoms with Crippen LogP contribution in [-0.2, 0) is 24.0 Å². The fourth-order valence-corrected chi connectivity index (χ4v) is 3.53. The number of hydrogen-bond donors (Lipinski definition) is 0. The molecular formula is C19H20NO5+. The molecule has 6 heteroatoms. The summed E-state index contributed by atoms with van der Waals surface area (Å²) in [4.78, 5) is 42.6. The lowest BCUT2D eigenvalue weighted by atomic mass is 10.0. The SMILES string of the molecule is CC(=O)O[N+](C(C)=O)(c1c(C)ccc2ccccc12)C1CCOC1=O. The number of cyclic esters (lactones) is 1. The monoisotopic (exact) mass is 342 g/mol. The molecule has 0 spiro atoms. The number of rotatable bonds is 2. The first-order valence-corrected chi connectivity index (χ1v) is 8.13. The molecule has 130 valence electrons. The molecule has 1 saturated heterocycles. The minimum atomic E-state index is -0.911. The Labute approximate surface area is 145 Å². The van der Waals surface area contributed by atoms with Crippen LogP contribution in [0.2, 0.25) is 0 Å². The quantitative estimate of drug-likeness (QED) is 0.477. The van der Waals surface area contributed by atoms with Gasteiger partial charge >= 0.3 is 17.8 Å². The fourth-order valence-electron chi connectivity index (χ4n) is 3.53. The van der Waals surface area contributed by atoms with Crippen LogP contribution in [0.25, 0.3) is 10.8 Å². The Morgan fingerprint density at radius 3 is 2.48 bits per heavy atom. The number of benzene rings is 2. The number of fused-ring (bicyclic) bond motifs is 1. The second-order valence-electron chi connectivity index (χ2n) is 6.18. The van der Waals surface area contributed by atoms with E-state index in [9.17, 15) is 14.4 Å². The van der Waals surface area contributed by atoms with Gasteiger partial charge in [0.25, 0.3) is 0 Å². The summed E-state index contributed by atoms with van der Waals surface area (Å²) >= 11 is 0. The summed E-state index contributed by atoms with van der Waals surface area (Å²) in [6, 6.07) is 10.4. The molecule has 1 aliphatic heterocycles. The van der Waals surface area contributed by atoms with Gasteiger partial charge < -0.3 is 4.74 Å². The number of hydrogen-bond acceptors (Lipinski definition) is 5. The molecule has 2 aromatic rings. The molecule has 0 N–H and O–H groups in total. The molecule has 2 aromatic carbocycles. The zero-order chi connectivity index (χ0) is 18.2. The van der Waals surface area contributed by atoms with Crippen LogP contribution in [0.15, 0.2) is 36.4 Å². The number of carbonyl (C=O) groups excluding carboxylic acids is 3. The Morgan fingerprint density at radius 1 is 1.16 bits per heavy atom. The third-order valence-electron chi connectivity index (χ3n) is 4.52. The van der Waals surface area contributed by atoms with Gasteiger partial charge in [-0.15, -0.1) is 0 Å². The summed E-state index contributed by atoms with van der Waals surface area (Å²) in [7, 11) is 0. The van der Waals surface area contributed by atoms with E-state index in [2.05, 4.69) is 0 Å². The normalized spacial score (nSPS) is 19.3. The Kier molecular flexibility index (Phi) is 4.30. The lowest BCUT2D eigenvalue weighted by molar-refractivity contribution is -0.200. The van der Waals surface area contributed by atoms with Crippen LogP contribution in [0.3, 0.4) is 0 Å². The van der Waals surface area contributed by atoms with Crippen molar-refractivity contribution >= 4 is 34.3 Å². The number of ether oxygens (including phenoxy) is 1. The van der Waals surface area contributed by atoms with Crippen molar-refractivity contribution in [2.75, 3.05) is 6.61 Å². The Balaban J connectivity index is 2.39. The molecule has 2 atom stereocenters. The number of aryl methyl sites for hydroxylation is 1.